The van der Waals surface area contributed by atoms with Crippen molar-refractivity contribution in [3.05, 3.63) is 0 Å². The van der Waals surface area contributed by atoms with E-state index in [0.29, 0.717) is 0 Å². The molecule has 0 aromatic heterocycles. The van der Waals surface area contributed by atoms with E-state index in [1.807, 2.05) is 0 Å². The number of aliphatic hydroxyl groups is 3. The van der Waals surface area contributed by atoms with Gasteiger partial charge >= 0.3 is 0 Å². The Labute approximate surface area is 71.5 Å². The number of rotatable bonds is 6. The van der Waals surface area contributed by atoms with Crippen LogP contribution < -0.4 is 0 Å². The summed E-state index contributed by atoms with van der Waals surface area (Å²) in [5.41, 5.74) is 0. The third kappa shape index (κ3) is 3.04. The molecule has 3 unspecified atom stereocenters. The molecular formula is C7H16O5. The summed E-state index contributed by atoms with van der Waals surface area (Å²) in [6, 6.07) is 0. The Balaban J connectivity index is 4.09. The maximum absolute atomic E-state index is 9.18. The van der Waals surface area contributed by atoms with E-state index in [0.717, 1.165) is 0 Å². The van der Waals surface area contributed by atoms with E-state index in [9.17, 15) is 5.11 Å². The van der Waals surface area contributed by atoms with Crippen LogP contribution in [-0.2, 0) is 9.47 Å². The monoisotopic (exact) mass is 180 g/mol. The molecule has 74 valence electrons. The van der Waals surface area contributed by atoms with Crippen molar-refractivity contribution in [3.63, 3.8) is 0 Å². The Morgan fingerprint density at radius 1 is 1.08 bits per heavy atom. The van der Waals surface area contributed by atoms with Gasteiger partial charge in [0.1, 0.15) is 18.3 Å². The van der Waals surface area contributed by atoms with Gasteiger partial charge in [-0.1, -0.05) is 0 Å². The number of hydrogen-bond donors (Lipinski definition) is 3. The van der Waals surface area contributed by atoms with Gasteiger partial charge in [0.05, 0.1) is 13.2 Å². The highest BCUT2D eigenvalue weighted by Crippen LogP contribution is 2.06. The van der Waals surface area contributed by atoms with Crippen LogP contribution in [0.2, 0.25) is 0 Å². The number of aliphatic hydroxyl groups excluding tert-OH is 3. The number of methoxy groups -OCH3 is 2. The lowest BCUT2D eigenvalue weighted by Gasteiger charge is -2.26. The molecule has 0 spiro atoms. The topological polar surface area (TPSA) is 79.2 Å². The van der Waals surface area contributed by atoms with Gasteiger partial charge in [-0.15, -0.1) is 0 Å². The third-order valence-corrected chi connectivity index (χ3v) is 1.69. The smallest absolute Gasteiger partial charge is 0.114 e. The molecule has 12 heavy (non-hydrogen) atoms. The van der Waals surface area contributed by atoms with Crippen LogP contribution in [0.15, 0.2) is 0 Å². The van der Waals surface area contributed by atoms with E-state index in [1.54, 1.807) is 0 Å². The summed E-state index contributed by atoms with van der Waals surface area (Å²) in [7, 11) is 2.78. The van der Waals surface area contributed by atoms with E-state index in [1.165, 1.54) is 14.2 Å². The van der Waals surface area contributed by atoms with Gasteiger partial charge in [0.2, 0.25) is 0 Å². The largest absolute Gasteiger partial charge is 0.394 e. The molecule has 5 heteroatoms. The maximum Gasteiger partial charge on any atom is 0.114 e. The van der Waals surface area contributed by atoms with Crippen molar-refractivity contribution in [3.8, 4) is 0 Å². The molecule has 3 atom stereocenters. The quantitative estimate of drug-likeness (QED) is 0.457. The second-order valence-corrected chi connectivity index (χ2v) is 2.41. The Bertz CT molecular complexity index is 104. The average molecular weight is 180 g/mol. The molecule has 0 radical (unpaired) electrons. The molecule has 0 aliphatic rings. The fourth-order valence-corrected chi connectivity index (χ4v) is 0.973. The van der Waals surface area contributed by atoms with E-state index in [-0.39, 0.29) is 6.61 Å². The van der Waals surface area contributed by atoms with Crippen molar-refractivity contribution in [1.82, 2.24) is 0 Å². The van der Waals surface area contributed by atoms with Crippen LogP contribution >= 0.6 is 0 Å². The molecule has 0 aromatic rings. The molecule has 0 bridgehead atoms. The van der Waals surface area contributed by atoms with Crippen LogP contribution in [0.3, 0.4) is 0 Å². The predicted octanol–water partition coefficient (Wildman–Crippen LogP) is -1.64. The molecular weight excluding hydrogens is 164 g/mol. The molecule has 0 rings (SSSR count). The van der Waals surface area contributed by atoms with Gasteiger partial charge in [0.25, 0.3) is 0 Å². The Morgan fingerprint density at radius 3 is 1.92 bits per heavy atom. The lowest BCUT2D eigenvalue weighted by Crippen LogP contribution is -2.43. The fraction of sp³-hybridized carbons (Fsp3) is 1.00. The van der Waals surface area contributed by atoms with Crippen molar-refractivity contribution >= 4 is 0 Å². The van der Waals surface area contributed by atoms with Crippen molar-refractivity contribution in [1.29, 1.82) is 0 Å². The van der Waals surface area contributed by atoms with Gasteiger partial charge in [0, 0.05) is 14.2 Å². The first-order valence-corrected chi connectivity index (χ1v) is 3.66. The summed E-state index contributed by atoms with van der Waals surface area (Å²) in [5.74, 6) is 0. The molecule has 5 nitrogen and oxygen atoms in total. The first-order chi connectivity index (χ1) is 5.71. The van der Waals surface area contributed by atoms with Crippen LogP contribution in [0.1, 0.15) is 0 Å². The highest BCUT2D eigenvalue weighted by molar-refractivity contribution is 4.76. The van der Waals surface area contributed by atoms with Gasteiger partial charge < -0.3 is 24.8 Å². The SMILES string of the molecule is COC(CO)C(OC)C(O)CO. The van der Waals surface area contributed by atoms with Crippen molar-refractivity contribution in [2.45, 2.75) is 18.3 Å². The van der Waals surface area contributed by atoms with Gasteiger partial charge in [-0.2, -0.15) is 0 Å². The molecule has 0 aliphatic heterocycles. The van der Waals surface area contributed by atoms with Crippen LogP contribution in [0, 0.1) is 0 Å². The number of hydrogen-bond acceptors (Lipinski definition) is 5. The van der Waals surface area contributed by atoms with Gasteiger partial charge in [-0.25, -0.2) is 0 Å². The molecule has 3 N–H and O–H groups in total. The standard InChI is InChI=1S/C7H16O5/c1-11-6(4-9)7(12-2)5(10)3-8/h5-10H,3-4H2,1-2H3. The summed E-state index contributed by atoms with van der Waals surface area (Å²) < 4.78 is 9.68. The molecule has 0 saturated carbocycles. The first-order valence-electron chi connectivity index (χ1n) is 3.66. The average Bonchev–Trinajstić information content (AvgIpc) is 2.12. The number of ether oxygens (including phenoxy) is 2. The molecule has 0 fully saturated rings. The van der Waals surface area contributed by atoms with Crippen LogP contribution in [0.4, 0.5) is 0 Å². The molecule has 0 saturated heterocycles. The van der Waals surface area contributed by atoms with E-state index in [2.05, 4.69) is 0 Å². The van der Waals surface area contributed by atoms with Gasteiger partial charge in [0.15, 0.2) is 0 Å². The highest BCUT2D eigenvalue weighted by Gasteiger charge is 2.27. The normalized spacial score (nSPS) is 18.8. The summed E-state index contributed by atoms with van der Waals surface area (Å²) >= 11 is 0. The Kier molecular flexibility index (Phi) is 6.23. The summed E-state index contributed by atoms with van der Waals surface area (Å²) in [6.45, 7) is -0.676. The second kappa shape index (κ2) is 6.33. The minimum Gasteiger partial charge on any atom is -0.394 e. The lowest BCUT2D eigenvalue weighted by atomic mass is 10.1. The van der Waals surface area contributed by atoms with Crippen LogP contribution in [0.25, 0.3) is 0 Å². The highest BCUT2D eigenvalue weighted by atomic mass is 16.5. The molecule has 0 aliphatic carbocycles. The summed E-state index contributed by atoms with van der Waals surface area (Å²) in [4.78, 5) is 0. The first kappa shape index (κ1) is 11.8. The van der Waals surface area contributed by atoms with Crippen molar-refractivity contribution in [2.24, 2.45) is 0 Å². The fourth-order valence-electron chi connectivity index (χ4n) is 0.973. The minimum atomic E-state index is -1.04. The summed E-state index contributed by atoms with van der Waals surface area (Å²) in [6.07, 6.45) is -2.35. The van der Waals surface area contributed by atoms with Crippen LogP contribution in [-0.4, -0.2) is 61.1 Å². The van der Waals surface area contributed by atoms with E-state index >= 15 is 0 Å². The van der Waals surface area contributed by atoms with Crippen molar-refractivity contribution < 1.29 is 24.8 Å². The summed E-state index contributed by atoms with van der Waals surface area (Å²) in [5, 5.41) is 26.6. The zero-order valence-electron chi connectivity index (χ0n) is 7.30. The molecule has 0 aromatic carbocycles. The molecule has 0 heterocycles. The van der Waals surface area contributed by atoms with E-state index in [4.69, 9.17) is 19.7 Å². The zero-order valence-corrected chi connectivity index (χ0v) is 7.30. The van der Waals surface area contributed by atoms with Gasteiger partial charge in [-0.3, -0.25) is 0 Å². The Hall–Kier alpha value is -0.200. The van der Waals surface area contributed by atoms with Crippen molar-refractivity contribution in [2.75, 3.05) is 27.4 Å². The van der Waals surface area contributed by atoms with E-state index < -0.39 is 24.9 Å². The maximum atomic E-state index is 9.18. The molecule has 0 amide bonds. The van der Waals surface area contributed by atoms with Gasteiger partial charge in [-0.05, 0) is 0 Å². The minimum absolute atomic E-state index is 0.258. The zero-order chi connectivity index (χ0) is 9.56. The second-order valence-electron chi connectivity index (χ2n) is 2.41. The Morgan fingerprint density at radius 2 is 1.67 bits per heavy atom. The van der Waals surface area contributed by atoms with Crippen LogP contribution in [0.5, 0.6) is 0 Å². The lowest BCUT2D eigenvalue weighted by molar-refractivity contribution is -0.120. The predicted molar refractivity (Wildman–Crippen MR) is 41.8 cm³/mol. The third-order valence-electron chi connectivity index (χ3n) is 1.69.